The molecule has 0 aliphatic carbocycles. The Labute approximate surface area is 200 Å². The van der Waals surface area contributed by atoms with Gasteiger partial charge in [0.1, 0.15) is 0 Å². The number of hydrogen-bond donors (Lipinski definition) is 0. The second-order valence-electron chi connectivity index (χ2n) is 7.35. The molecule has 0 bridgehead atoms. The number of rotatable bonds is 14. The van der Waals surface area contributed by atoms with E-state index in [4.69, 9.17) is 9.47 Å². The van der Waals surface area contributed by atoms with Gasteiger partial charge < -0.3 is 9.47 Å². The van der Waals surface area contributed by atoms with Crippen molar-refractivity contribution in [3.05, 3.63) is 24.3 Å². The van der Waals surface area contributed by atoms with Gasteiger partial charge in [0.2, 0.25) is 10.0 Å². The van der Waals surface area contributed by atoms with Crippen LogP contribution in [0, 0.1) is 0 Å². The molecule has 2 aromatic rings. The minimum Gasteiger partial charge on any atom is -0.466 e. The quantitative estimate of drug-likeness (QED) is 0.221. The fourth-order valence-electron chi connectivity index (χ4n) is 3.41. The van der Waals surface area contributed by atoms with Crippen molar-refractivity contribution in [1.29, 1.82) is 0 Å². The van der Waals surface area contributed by atoms with Crippen LogP contribution in [0.15, 0.2) is 34.3 Å². The second-order valence-corrected chi connectivity index (χ2v) is 10.4. The lowest BCUT2D eigenvalue weighted by atomic mass is 10.2. The Bertz CT molecular complexity index is 1010. The average Bonchev–Trinajstić information content (AvgIpc) is 3.22. The van der Waals surface area contributed by atoms with E-state index in [0.717, 1.165) is 0 Å². The van der Waals surface area contributed by atoms with Crippen molar-refractivity contribution in [2.75, 3.05) is 39.2 Å². The van der Waals surface area contributed by atoms with E-state index in [1.165, 1.54) is 16.1 Å². The van der Waals surface area contributed by atoms with E-state index < -0.39 is 10.0 Å². The van der Waals surface area contributed by atoms with Crippen molar-refractivity contribution >= 4 is 27.8 Å². The summed E-state index contributed by atoms with van der Waals surface area (Å²) in [5, 5.41) is 9.42. The van der Waals surface area contributed by atoms with Gasteiger partial charge in [-0.25, -0.2) is 8.42 Å². The third-order valence-electron chi connectivity index (χ3n) is 5.01. The molecule has 0 saturated heterocycles. The summed E-state index contributed by atoms with van der Waals surface area (Å²) in [4.78, 5) is 11.8. The minimum atomic E-state index is -3.60. The van der Waals surface area contributed by atoms with E-state index in [9.17, 15) is 13.2 Å². The number of hydrogen-bond acceptors (Lipinski definition) is 8. The number of ether oxygens (including phenoxy) is 2. The maximum Gasteiger partial charge on any atom is 0.305 e. The first-order valence-corrected chi connectivity index (χ1v) is 13.5. The summed E-state index contributed by atoms with van der Waals surface area (Å²) in [6.07, 6.45) is 1.00. The molecule has 2 rings (SSSR count). The van der Waals surface area contributed by atoms with Crippen LogP contribution < -0.4 is 0 Å². The Morgan fingerprint density at radius 1 is 1.21 bits per heavy atom. The molecule has 0 radical (unpaired) electrons. The Hall–Kier alpha value is -1.95. The van der Waals surface area contributed by atoms with Crippen LogP contribution >= 0.6 is 11.8 Å². The van der Waals surface area contributed by atoms with Crippen LogP contribution in [0.3, 0.4) is 0 Å². The van der Waals surface area contributed by atoms with Gasteiger partial charge in [-0.05, 0) is 32.4 Å². The van der Waals surface area contributed by atoms with Crippen molar-refractivity contribution < 1.29 is 22.7 Å². The highest BCUT2D eigenvalue weighted by atomic mass is 32.2. The molecule has 1 aromatic heterocycles. The number of esters is 1. The molecule has 0 N–H and O–H groups in total. The van der Waals surface area contributed by atoms with Crippen LogP contribution in [0.4, 0.5) is 0 Å². The molecular formula is C22H34N4O5S2. The van der Waals surface area contributed by atoms with Crippen molar-refractivity contribution in [3.63, 3.8) is 0 Å². The van der Waals surface area contributed by atoms with Gasteiger partial charge in [-0.3, -0.25) is 9.36 Å². The molecule has 0 aliphatic rings. The number of nitrogens with zero attached hydrogens (tertiary/aromatic N) is 4. The second kappa shape index (κ2) is 13.1. The van der Waals surface area contributed by atoms with Gasteiger partial charge >= 0.3 is 5.97 Å². The van der Waals surface area contributed by atoms with Gasteiger partial charge in [-0.2, -0.15) is 4.31 Å². The molecular weight excluding hydrogens is 464 g/mol. The summed E-state index contributed by atoms with van der Waals surface area (Å²) in [5.41, 5.74) is 0.664. The predicted molar refractivity (Wildman–Crippen MR) is 129 cm³/mol. The molecule has 0 amide bonds. The van der Waals surface area contributed by atoms with Crippen LogP contribution in [0.1, 0.15) is 46.6 Å². The number of carbonyl (C=O) groups excluding carboxylic acids is 1. The molecule has 184 valence electrons. The first-order chi connectivity index (χ1) is 15.8. The summed E-state index contributed by atoms with van der Waals surface area (Å²) in [6.45, 7) is 9.04. The van der Waals surface area contributed by atoms with E-state index in [2.05, 4.69) is 10.2 Å². The molecule has 0 fully saturated rings. The van der Waals surface area contributed by atoms with Crippen molar-refractivity contribution in [3.8, 4) is 11.4 Å². The lowest BCUT2D eigenvalue weighted by molar-refractivity contribution is -0.143. The predicted octanol–water partition coefficient (Wildman–Crippen LogP) is 3.62. The van der Waals surface area contributed by atoms with Crippen molar-refractivity contribution in [2.24, 2.45) is 0 Å². The third-order valence-corrected chi connectivity index (χ3v) is 8.09. The summed E-state index contributed by atoms with van der Waals surface area (Å²) >= 11 is 1.50. The Kier molecular flexibility index (Phi) is 10.8. The van der Waals surface area contributed by atoms with Gasteiger partial charge in [0.05, 0.1) is 24.2 Å². The maximum atomic E-state index is 13.0. The number of thioether (sulfide) groups is 1. The standard InChI is InChI=1S/C22H34N4O5S2/c1-6-25(7-2)33(28,29)19-12-9-11-18(15-19)21-23-24-22(26(21)17(4)16-30-5)32-14-10-13-20(27)31-8-3/h9,11-12,15,17H,6-8,10,13-14,16H2,1-5H3. The number of sulfonamides is 1. The maximum absolute atomic E-state index is 13.0. The van der Waals surface area contributed by atoms with Gasteiger partial charge in [0.25, 0.3) is 0 Å². The number of aromatic nitrogens is 3. The van der Waals surface area contributed by atoms with Crippen molar-refractivity contribution in [2.45, 2.75) is 56.6 Å². The third kappa shape index (κ3) is 7.02. The molecule has 0 spiro atoms. The fraction of sp³-hybridized carbons (Fsp3) is 0.591. The van der Waals surface area contributed by atoms with E-state index in [1.54, 1.807) is 32.2 Å². The summed E-state index contributed by atoms with van der Waals surface area (Å²) in [6, 6.07) is 6.72. The Balaban J connectivity index is 2.34. The lowest BCUT2D eigenvalue weighted by Gasteiger charge is -2.20. The first kappa shape index (κ1) is 27.3. The van der Waals surface area contributed by atoms with Crippen LogP contribution in [0.2, 0.25) is 0 Å². The van der Waals surface area contributed by atoms with E-state index >= 15 is 0 Å². The Morgan fingerprint density at radius 2 is 1.94 bits per heavy atom. The molecule has 1 aromatic carbocycles. The zero-order valence-corrected chi connectivity index (χ0v) is 21.6. The van der Waals surface area contributed by atoms with Gasteiger partial charge in [0.15, 0.2) is 11.0 Å². The molecule has 1 unspecified atom stereocenters. The molecule has 33 heavy (non-hydrogen) atoms. The zero-order chi connectivity index (χ0) is 24.4. The highest BCUT2D eigenvalue weighted by Crippen LogP contribution is 2.30. The summed E-state index contributed by atoms with van der Waals surface area (Å²) in [7, 11) is -1.97. The number of methoxy groups -OCH3 is 1. The van der Waals surface area contributed by atoms with Crippen LogP contribution in [0.5, 0.6) is 0 Å². The van der Waals surface area contributed by atoms with Crippen LogP contribution in [-0.4, -0.2) is 72.6 Å². The minimum absolute atomic E-state index is 0.0735. The number of benzene rings is 1. The molecule has 1 heterocycles. The SMILES string of the molecule is CCOC(=O)CCCSc1nnc(-c2cccc(S(=O)(=O)N(CC)CC)c2)n1C(C)COC. The molecule has 1 atom stereocenters. The molecule has 0 aliphatic heterocycles. The highest BCUT2D eigenvalue weighted by molar-refractivity contribution is 7.99. The van der Waals surface area contributed by atoms with Crippen LogP contribution in [-0.2, 0) is 24.3 Å². The van der Waals surface area contributed by atoms with Gasteiger partial charge in [-0.15, -0.1) is 10.2 Å². The zero-order valence-electron chi connectivity index (χ0n) is 20.0. The van der Waals surface area contributed by atoms with Crippen LogP contribution in [0.25, 0.3) is 11.4 Å². The Morgan fingerprint density at radius 3 is 2.58 bits per heavy atom. The normalized spacial score (nSPS) is 12.8. The average molecular weight is 499 g/mol. The monoisotopic (exact) mass is 498 g/mol. The van der Waals surface area contributed by atoms with Gasteiger partial charge in [0, 0.05) is 37.9 Å². The van der Waals surface area contributed by atoms with Gasteiger partial charge in [-0.1, -0.05) is 37.7 Å². The van der Waals surface area contributed by atoms with E-state index in [0.29, 0.717) is 61.4 Å². The first-order valence-electron chi connectivity index (χ1n) is 11.1. The molecule has 11 heteroatoms. The topological polar surface area (TPSA) is 104 Å². The lowest BCUT2D eigenvalue weighted by Crippen LogP contribution is -2.30. The molecule has 0 saturated carbocycles. The smallest absolute Gasteiger partial charge is 0.305 e. The number of carbonyl (C=O) groups is 1. The largest absolute Gasteiger partial charge is 0.466 e. The van der Waals surface area contributed by atoms with E-state index in [-0.39, 0.29) is 16.9 Å². The van der Waals surface area contributed by atoms with E-state index in [1.807, 2.05) is 31.4 Å². The summed E-state index contributed by atoms with van der Waals surface area (Å²) in [5.74, 6) is 1.04. The summed E-state index contributed by atoms with van der Waals surface area (Å²) < 4.78 is 39.7. The highest BCUT2D eigenvalue weighted by Gasteiger charge is 2.24. The fourth-order valence-corrected chi connectivity index (χ4v) is 5.89. The molecule has 9 nitrogen and oxygen atoms in total. The van der Waals surface area contributed by atoms with Crippen molar-refractivity contribution in [1.82, 2.24) is 19.1 Å².